The lowest BCUT2D eigenvalue weighted by atomic mass is 10.3. The number of nitrogens with zero attached hydrogens (tertiary/aromatic N) is 6. The van der Waals surface area contributed by atoms with Gasteiger partial charge >= 0.3 is 0 Å². The summed E-state index contributed by atoms with van der Waals surface area (Å²) in [5.41, 5.74) is 3.11. The summed E-state index contributed by atoms with van der Waals surface area (Å²) >= 11 is 0. The Morgan fingerprint density at radius 2 is 1.91 bits per heavy atom. The van der Waals surface area contributed by atoms with E-state index in [1.54, 1.807) is 12.4 Å². The van der Waals surface area contributed by atoms with E-state index in [0.717, 1.165) is 42.2 Å². The maximum Gasteiger partial charge on any atom is 0.272 e. The van der Waals surface area contributed by atoms with Crippen molar-refractivity contribution in [3.05, 3.63) is 72.2 Å². The number of likely N-dealkylation sites (tertiary alicyclic amines) is 1. The molecule has 1 saturated heterocycles. The molecule has 5 heterocycles. The van der Waals surface area contributed by atoms with Gasteiger partial charge < -0.3 is 14.8 Å². The number of imidazole rings is 2. The zero-order valence-electron chi connectivity index (χ0n) is 18.2. The standard InChI is InChI=1S/C24H27N7O/c1-18-27-20(17-30(18)16-19-7-9-25-10-8-19)23-28-22(21-6-2-3-14-31(21)23)24(32)26-11-15-29-12-4-5-13-29/h2-3,6-10,14,17H,4-5,11-13,15-16H2,1H3,(H,26,32). The van der Waals surface area contributed by atoms with E-state index < -0.39 is 0 Å². The fraction of sp³-hybridized carbons (Fsp3) is 0.333. The van der Waals surface area contributed by atoms with Crippen molar-refractivity contribution in [1.82, 2.24) is 34.1 Å². The van der Waals surface area contributed by atoms with Crippen molar-refractivity contribution in [3.8, 4) is 11.5 Å². The molecular formula is C24H27N7O. The van der Waals surface area contributed by atoms with Crippen LogP contribution >= 0.6 is 0 Å². The summed E-state index contributed by atoms with van der Waals surface area (Å²) in [6, 6.07) is 9.78. The molecule has 1 aliphatic heterocycles. The lowest BCUT2D eigenvalue weighted by Crippen LogP contribution is -2.33. The summed E-state index contributed by atoms with van der Waals surface area (Å²) in [6.45, 7) is 6.42. The van der Waals surface area contributed by atoms with Crippen LogP contribution in [0, 0.1) is 6.92 Å². The molecule has 0 atom stereocenters. The lowest BCUT2D eigenvalue weighted by Gasteiger charge is -2.14. The zero-order valence-corrected chi connectivity index (χ0v) is 18.2. The van der Waals surface area contributed by atoms with E-state index in [-0.39, 0.29) is 5.91 Å². The molecule has 0 saturated carbocycles. The van der Waals surface area contributed by atoms with Crippen molar-refractivity contribution >= 4 is 11.4 Å². The molecule has 8 heteroatoms. The number of fused-ring (bicyclic) bond motifs is 1. The fourth-order valence-corrected chi connectivity index (χ4v) is 4.26. The van der Waals surface area contributed by atoms with Crippen LogP contribution < -0.4 is 5.32 Å². The largest absolute Gasteiger partial charge is 0.349 e. The van der Waals surface area contributed by atoms with Crippen molar-refractivity contribution in [2.45, 2.75) is 26.3 Å². The normalized spacial score (nSPS) is 14.3. The van der Waals surface area contributed by atoms with Crippen LogP contribution in [0.15, 0.2) is 55.1 Å². The number of rotatable bonds is 7. The van der Waals surface area contributed by atoms with E-state index in [2.05, 4.69) is 19.8 Å². The number of hydrogen-bond acceptors (Lipinski definition) is 5. The molecule has 32 heavy (non-hydrogen) atoms. The summed E-state index contributed by atoms with van der Waals surface area (Å²) in [5.74, 6) is 1.41. The highest BCUT2D eigenvalue weighted by molar-refractivity contribution is 5.99. The van der Waals surface area contributed by atoms with Gasteiger partial charge in [0.25, 0.3) is 5.91 Å². The van der Waals surface area contributed by atoms with Gasteiger partial charge in [-0.15, -0.1) is 0 Å². The number of hydrogen-bond donors (Lipinski definition) is 1. The molecule has 8 nitrogen and oxygen atoms in total. The lowest BCUT2D eigenvalue weighted by molar-refractivity contribution is 0.0947. The first-order valence-corrected chi connectivity index (χ1v) is 11.1. The molecule has 0 spiro atoms. The number of carbonyl (C=O) groups excluding carboxylic acids is 1. The van der Waals surface area contributed by atoms with Gasteiger partial charge in [-0.25, -0.2) is 9.97 Å². The Balaban J connectivity index is 1.40. The van der Waals surface area contributed by atoms with E-state index in [1.807, 2.05) is 54.0 Å². The summed E-state index contributed by atoms with van der Waals surface area (Å²) in [4.78, 5) is 28.9. The minimum atomic E-state index is -0.146. The zero-order chi connectivity index (χ0) is 21.9. The Bertz CT molecular complexity index is 1220. The quantitative estimate of drug-likeness (QED) is 0.489. The second kappa shape index (κ2) is 8.92. The van der Waals surface area contributed by atoms with E-state index in [4.69, 9.17) is 9.97 Å². The first-order chi connectivity index (χ1) is 15.7. The number of aryl methyl sites for hydroxylation is 1. The smallest absolute Gasteiger partial charge is 0.272 e. The van der Waals surface area contributed by atoms with Crippen LogP contribution in [0.3, 0.4) is 0 Å². The first-order valence-electron chi connectivity index (χ1n) is 11.1. The van der Waals surface area contributed by atoms with Crippen molar-refractivity contribution in [2.24, 2.45) is 0 Å². The average Bonchev–Trinajstić information content (AvgIpc) is 3.54. The Hall–Kier alpha value is -3.52. The summed E-state index contributed by atoms with van der Waals surface area (Å²) in [6.07, 6.45) is 9.99. The fourth-order valence-electron chi connectivity index (χ4n) is 4.26. The van der Waals surface area contributed by atoms with Crippen molar-refractivity contribution in [2.75, 3.05) is 26.2 Å². The Morgan fingerprint density at radius 1 is 1.09 bits per heavy atom. The Kier molecular flexibility index (Phi) is 5.68. The second-order valence-electron chi connectivity index (χ2n) is 8.20. The number of carbonyl (C=O) groups is 1. The van der Waals surface area contributed by atoms with Crippen molar-refractivity contribution in [1.29, 1.82) is 0 Å². The highest BCUT2D eigenvalue weighted by Crippen LogP contribution is 2.23. The molecule has 1 amide bonds. The molecule has 0 bridgehead atoms. The third-order valence-electron chi connectivity index (χ3n) is 5.98. The van der Waals surface area contributed by atoms with Gasteiger partial charge in [-0.3, -0.25) is 14.2 Å². The molecule has 4 aromatic heterocycles. The molecule has 0 aromatic carbocycles. The second-order valence-corrected chi connectivity index (χ2v) is 8.20. The van der Waals surface area contributed by atoms with Gasteiger partial charge in [0, 0.05) is 44.4 Å². The van der Waals surface area contributed by atoms with E-state index >= 15 is 0 Å². The molecule has 0 aliphatic carbocycles. The van der Waals surface area contributed by atoms with Crippen LogP contribution in [0.1, 0.15) is 34.7 Å². The molecule has 1 fully saturated rings. The summed E-state index contributed by atoms with van der Waals surface area (Å²) < 4.78 is 4.03. The van der Waals surface area contributed by atoms with Gasteiger partial charge in [0.05, 0.1) is 5.52 Å². The van der Waals surface area contributed by atoms with Gasteiger partial charge in [0.1, 0.15) is 11.5 Å². The predicted octanol–water partition coefficient (Wildman–Crippen LogP) is 2.78. The van der Waals surface area contributed by atoms with Crippen LogP contribution in [-0.2, 0) is 6.54 Å². The first kappa shape index (κ1) is 20.4. The predicted molar refractivity (Wildman–Crippen MR) is 122 cm³/mol. The maximum absolute atomic E-state index is 13.0. The molecular weight excluding hydrogens is 402 g/mol. The topological polar surface area (TPSA) is 80.4 Å². The average molecular weight is 430 g/mol. The van der Waals surface area contributed by atoms with Crippen LogP contribution in [0.25, 0.3) is 17.0 Å². The highest BCUT2D eigenvalue weighted by atomic mass is 16.1. The molecule has 0 radical (unpaired) electrons. The minimum absolute atomic E-state index is 0.146. The minimum Gasteiger partial charge on any atom is -0.349 e. The van der Waals surface area contributed by atoms with Crippen LogP contribution in [0.5, 0.6) is 0 Å². The number of nitrogens with one attached hydrogen (secondary N) is 1. The van der Waals surface area contributed by atoms with E-state index in [0.29, 0.717) is 24.6 Å². The molecule has 5 rings (SSSR count). The number of aromatic nitrogens is 5. The maximum atomic E-state index is 13.0. The van der Waals surface area contributed by atoms with Gasteiger partial charge in [0.15, 0.2) is 11.5 Å². The van der Waals surface area contributed by atoms with Crippen LogP contribution in [-0.4, -0.2) is 60.9 Å². The monoisotopic (exact) mass is 429 g/mol. The third-order valence-corrected chi connectivity index (χ3v) is 5.98. The molecule has 0 unspecified atom stereocenters. The Morgan fingerprint density at radius 3 is 2.72 bits per heavy atom. The summed E-state index contributed by atoms with van der Waals surface area (Å²) in [7, 11) is 0. The van der Waals surface area contributed by atoms with Gasteiger partial charge in [0.2, 0.25) is 0 Å². The molecule has 164 valence electrons. The molecule has 1 N–H and O–H groups in total. The van der Waals surface area contributed by atoms with E-state index in [9.17, 15) is 4.79 Å². The van der Waals surface area contributed by atoms with Crippen LogP contribution in [0.2, 0.25) is 0 Å². The Labute approximate surface area is 186 Å². The van der Waals surface area contributed by atoms with Crippen molar-refractivity contribution in [3.63, 3.8) is 0 Å². The van der Waals surface area contributed by atoms with Crippen molar-refractivity contribution < 1.29 is 4.79 Å². The van der Waals surface area contributed by atoms with Gasteiger partial charge in [-0.05, 0) is 62.7 Å². The van der Waals surface area contributed by atoms with Gasteiger partial charge in [-0.1, -0.05) is 6.07 Å². The summed E-state index contributed by atoms with van der Waals surface area (Å²) in [5, 5.41) is 3.04. The number of amides is 1. The molecule has 4 aromatic rings. The highest BCUT2D eigenvalue weighted by Gasteiger charge is 2.20. The third kappa shape index (κ3) is 4.13. The number of pyridine rings is 2. The van der Waals surface area contributed by atoms with E-state index in [1.165, 1.54) is 12.8 Å². The van der Waals surface area contributed by atoms with Gasteiger partial charge in [-0.2, -0.15) is 0 Å². The van der Waals surface area contributed by atoms with Crippen LogP contribution in [0.4, 0.5) is 0 Å². The SMILES string of the molecule is Cc1nc(-c2nc(C(=O)NCCN3CCCC3)c3ccccn23)cn1Cc1ccncc1. The molecule has 1 aliphatic rings.